The van der Waals surface area contributed by atoms with Crippen LogP contribution < -0.4 is 5.32 Å². The minimum Gasteiger partial charge on any atom is -0.276 e. The molecule has 1 aliphatic rings. The van der Waals surface area contributed by atoms with E-state index in [2.05, 4.69) is 5.32 Å². The van der Waals surface area contributed by atoms with Crippen molar-refractivity contribution in [3.05, 3.63) is 71.8 Å². The smallest absolute Gasteiger partial charge is 0.276 e. The first-order valence-corrected chi connectivity index (χ1v) is 7.86. The Hall–Kier alpha value is -2.95. The highest BCUT2D eigenvalue weighted by molar-refractivity contribution is 6.22. The van der Waals surface area contributed by atoms with E-state index in [9.17, 15) is 14.4 Å². The number of barbiturate groups is 1. The molecule has 5 heteroatoms. The van der Waals surface area contributed by atoms with Crippen LogP contribution in [0.3, 0.4) is 0 Å². The lowest BCUT2D eigenvalue weighted by Gasteiger charge is -2.39. The van der Waals surface area contributed by atoms with E-state index in [0.29, 0.717) is 5.56 Å². The van der Waals surface area contributed by atoms with Crippen LogP contribution in [0.1, 0.15) is 24.5 Å². The van der Waals surface area contributed by atoms with Gasteiger partial charge in [-0.05, 0) is 17.5 Å². The number of carbonyl (C=O) groups is 3. The highest BCUT2D eigenvalue weighted by atomic mass is 16.2. The average molecular weight is 322 g/mol. The summed E-state index contributed by atoms with van der Waals surface area (Å²) in [5.41, 5.74) is 0.0539. The maximum absolute atomic E-state index is 13.1. The van der Waals surface area contributed by atoms with Gasteiger partial charge in [-0.3, -0.25) is 19.8 Å². The molecular weight excluding hydrogens is 304 g/mol. The van der Waals surface area contributed by atoms with Crippen molar-refractivity contribution in [1.82, 2.24) is 10.2 Å². The molecule has 2 aromatic rings. The zero-order chi connectivity index (χ0) is 17.2. The van der Waals surface area contributed by atoms with E-state index in [1.807, 2.05) is 36.4 Å². The SMILES string of the molecule is CCC1(c2ccccc2)C(=O)NC(=O)N(Cc2ccccc2)C1=O. The van der Waals surface area contributed by atoms with Crippen LogP contribution >= 0.6 is 0 Å². The molecule has 0 aromatic heterocycles. The van der Waals surface area contributed by atoms with Gasteiger partial charge in [0, 0.05) is 0 Å². The number of urea groups is 1. The fourth-order valence-corrected chi connectivity index (χ4v) is 3.09. The van der Waals surface area contributed by atoms with Crippen LogP contribution in [0, 0.1) is 0 Å². The molecule has 0 aliphatic carbocycles. The predicted molar refractivity (Wildman–Crippen MR) is 88.9 cm³/mol. The summed E-state index contributed by atoms with van der Waals surface area (Å²) in [4.78, 5) is 39.1. The highest BCUT2D eigenvalue weighted by Crippen LogP contribution is 2.34. The second kappa shape index (κ2) is 6.28. The molecule has 1 fully saturated rings. The molecule has 122 valence electrons. The van der Waals surface area contributed by atoms with Gasteiger partial charge >= 0.3 is 6.03 Å². The maximum atomic E-state index is 13.1. The summed E-state index contributed by atoms with van der Waals surface area (Å²) in [6, 6.07) is 17.4. The molecule has 1 saturated heterocycles. The molecule has 1 unspecified atom stereocenters. The lowest BCUT2D eigenvalue weighted by atomic mass is 9.74. The molecule has 0 saturated carbocycles. The summed E-state index contributed by atoms with van der Waals surface area (Å²) in [6.45, 7) is 1.91. The normalized spacial score (nSPS) is 20.9. The van der Waals surface area contributed by atoms with E-state index >= 15 is 0 Å². The van der Waals surface area contributed by atoms with Gasteiger partial charge in [0.05, 0.1) is 6.54 Å². The van der Waals surface area contributed by atoms with Gasteiger partial charge < -0.3 is 0 Å². The topological polar surface area (TPSA) is 66.5 Å². The molecule has 0 spiro atoms. The molecule has 1 atom stereocenters. The van der Waals surface area contributed by atoms with Gasteiger partial charge in [-0.2, -0.15) is 0 Å². The number of nitrogens with zero attached hydrogens (tertiary/aromatic N) is 1. The van der Waals surface area contributed by atoms with Gasteiger partial charge in [-0.25, -0.2) is 4.79 Å². The predicted octanol–water partition coefficient (Wildman–Crippen LogP) is 2.61. The highest BCUT2D eigenvalue weighted by Gasteiger charge is 2.53. The van der Waals surface area contributed by atoms with E-state index in [-0.39, 0.29) is 13.0 Å². The fourth-order valence-electron chi connectivity index (χ4n) is 3.09. The van der Waals surface area contributed by atoms with E-state index in [4.69, 9.17) is 0 Å². The molecule has 0 radical (unpaired) electrons. The Morgan fingerprint density at radius 2 is 1.50 bits per heavy atom. The minimum absolute atomic E-state index is 0.132. The Balaban J connectivity index is 2.02. The Labute approximate surface area is 140 Å². The number of hydrogen-bond donors (Lipinski definition) is 1. The summed E-state index contributed by atoms with van der Waals surface area (Å²) in [5, 5.41) is 2.35. The number of imide groups is 2. The van der Waals surface area contributed by atoms with Crippen LogP contribution in [-0.2, 0) is 21.5 Å². The third kappa shape index (κ3) is 2.48. The van der Waals surface area contributed by atoms with Crippen molar-refractivity contribution >= 4 is 17.8 Å². The lowest BCUT2D eigenvalue weighted by molar-refractivity contribution is -0.146. The summed E-state index contributed by atoms with van der Waals surface area (Å²) < 4.78 is 0. The van der Waals surface area contributed by atoms with Gasteiger partial charge in [0.1, 0.15) is 0 Å². The molecule has 1 aliphatic heterocycles. The van der Waals surface area contributed by atoms with Crippen molar-refractivity contribution in [3.8, 4) is 0 Å². The molecule has 4 amide bonds. The Morgan fingerprint density at radius 1 is 0.917 bits per heavy atom. The third-order valence-corrected chi connectivity index (χ3v) is 4.44. The maximum Gasteiger partial charge on any atom is 0.331 e. The van der Waals surface area contributed by atoms with Crippen molar-refractivity contribution in [3.63, 3.8) is 0 Å². The van der Waals surface area contributed by atoms with Gasteiger partial charge in [0.2, 0.25) is 5.91 Å². The quantitative estimate of drug-likeness (QED) is 0.880. The number of amides is 4. The van der Waals surface area contributed by atoms with Crippen LogP contribution in [0.2, 0.25) is 0 Å². The van der Waals surface area contributed by atoms with Crippen LogP contribution in [0.25, 0.3) is 0 Å². The molecule has 5 nitrogen and oxygen atoms in total. The molecular formula is C19H18N2O3. The van der Waals surface area contributed by atoms with E-state index in [1.54, 1.807) is 31.2 Å². The fraction of sp³-hybridized carbons (Fsp3) is 0.211. The van der Waals surface area contributed by atoms with Gasteiger partial charge in [0.15, 0.2) is 5.41 Å². The van der Waals surface area contributed by atoms with Crippen molar-refractivity contribution in [2.75, 3.05) is 0 Å². The molecule has 2 aromatic carbocycles. The Kier molecular flexibility index (Phi) is 4.16. The van der Waals surface area contributed by atoms with Crippen molar-refractivity contribution in [2.24, 2.45) is 0 Å². The lowest BCUT2D eigenvalue weighted by Crippen LogP contribution is -2.65. The standard InChI is InChI=1S/C19H18N2O3/c1-2-19(15-11-7-4-8-12-15)16(22)20-18(24)21(17(19)23)13-14-9-5-3-6-10-14/h3-12H,2,13H2,1H3,(H,20,22,24). The number of hydrogen-bond acceptors (Lipinski definition) is 3. The van der Waals surface area contributed by atoms with E-state index in [0.717, 1.165) is 10.5 Å². The third-order valence-electron chi connectivity index (χ3n) is 4.44. The van der Waals surface area contributed by atoms with Crippen LogP contribution in [-0.4, -0.2) is 22.7 Å². The second-order valence-electron chi connectivity index (χ2n) is 5.76. The minimum atomic E-state index is -1.37. The molecule has 3 rings (SSSR count). The Bertz CT molecular complexity index is 774. The zero-order valence-electron chi connectivity index (χ0n) is 13.4. The average Bonchev–Trinajstić information content (AvgIpc) is 2.61. The first-order valence-electron chi connectivity index (χ1n) is 7.86. The molecule has 1 N–H and O–H groups in total. The number of rotatable bonds is 4. The van der Waals surface area contributed by atoms with Crippen LogP contribution in [0.15, 0.2) is 60.7 Å². The van der Waals surface area contributed by atoms with Crippen molar-refractivity contribution in [1.29, 1.82) is 0 Å². The number of benzene rings is 2. The molecule has 0 bridgehead atoms. The van der Waals surface area contributed by atoms with Gasteiger partial charge in [-0.1, -0.05) is 67.6 Å². The van der Waals surface area contributed by atoms with Crippen LogP contribution in [0.4, 0.5) is 4.79 Å². The largest absolute Gasteiger partial charge is 0.331 e. The zero-order valence-corrected chi connectivity index (χ0v) is 13.4. The summed E-state index contributed by atoms with van der Waals surface area (Å²) in [7, 11) is 0. The molecule has 24 heavy (non-hydrogen) atoms. The first-order chi connectivity index (χ1) is 11.6. The summed E-state index contributed by atoms with van der Waals surface area (Å²) in [5.74, 6) is -1.04. The first kappa shape index (κ1) is 15.9. The van der Waals surface area contributed by atoms with Crippen LogP contribution in [0.5, 0.6) is 0 Å². The Morgan fingerprint density at radius 3 is 2.08 bits per heavy atom. The monoisotopic (exact) mass is 322 g/mol. The number of nitrogens with one attached hydrogen (secondary N) is 1. The molecule has 1 heterocycles. The van der Waals surface area contributed by atoms with E-state index < -0.39 is 23.3 Å². The second-order valence-corrected chi connectivity index (χ2v) is 5.76. The summed E-state index contributed by atoms with van der Waals surface area (Å²) in [6.07, 6.45) is 0.278. The van der Waals surface area contributed by atoms with Crippen molar-refractivity contribution < 1.29 is 14.4 Å². The van der Waals surface area contributed by atoms with Crippen molar-refractivity contribution in [2.45, 2.75) is 25.3 Å². The summed E-state index contributed by atoms with van der Waals surface area (Å²) >= 11 is 0. The van der Waals surface area contributed by atoms with E-state index in [1.165, 1.54) is 0 Å². The van der Waals surface area contributed by atoms with Gasteiger partial charge in [-0.15, -0.1) is 0 Å². The van der Waals surface area contributed by atoms with Gasteiger partial charge in [0.25, 0.3) is 5.91 Å². The number of carbonyl (C=O) groups excluding carboxylic acids is 3.